The Morgan fingerprint density at radius 2 is 1.96 bits per heavy atom. The second-order valence-corrected chi connectivity index (χ2v) is 5.59. The standard InChI is InChI=1S/C15H13Cl2N5O/c16-12-3-2-11(8-13(12)17)23-14-4-1-10(7-9(14)5-6-18)15-19-21-22-20-15/h1-4,7-8H,5-6,18H2,(H,19,20,21,22). The zero-order chi connectivity index (χ0) is 16.2. The summed E-state index contributed by atoms with van der Waals surface area (Å²) < 4.78 is 5.91. The Hall–Kier alpha value is -2.15. The quantitative estimate of drug-likeness (QED) is 0.735. The van der Waals surface area contributed by atoms with E-state index in [1.165, 1.54) is 0 Å². The van der Waals surface area contributed by atoms with Gasteiger partial charge in [-0.05, 0) is 54.1 Å². The van der Waals surface area contributed by atoms with Crippen LogP contribution in [-0.2, 0) is 6.42 Å². The van der Waals surface area contributed by atoms with Gasteiger partial charge in [0.05, 0.1) is 10.0 Å². The van der Waals surface area contributed by atoms with Crippen molar-refractivity contribution in [3.63, 3.8) is 0 Å². The summed E-state index contributed by atoms with van der Waals surface area (Å²) in [5.41, 5.74) is 7.47. The zero-order valence-electron chi connectivity index (χ0n) is 12.0. The van der Waals surface area contributed by atoms with Crippen molar-refractivity contribution in [3.05, 3.63) is 52.0 Å². The first-order valence-electron chi connectivity index (χ1n) is 6.87. The molecule has 23 heavy (non-hydrogen) atoms. The summed E-state index contributed by atoms with van der Waals surface area (Å²) in [5.74, 6) is 1.82. The molecule has 0 radical (unpaired) electrons. The largest absolute Gasteiger partial charge is 0.457 e. The van der Waals surface area contributed by atoms with E-state index >= 15 is 0 Å². The lowest BCUT2D eigenvalue weighted by atomic mass is 10.1. The highest BCUT2D eigenvalue weighted by atomic mass is 35.5. The SMILES string of the molecule is NCCc1cc(-c2nn[nH]n2)ccc1Oc1ccc(Cl)c(Cl)c1. The van der Waals surface area contributed by atoms with E-state index in [4.69, 9.17) is 33.7 Å². The van der Waals surface area contributed by atoms with E-state index in [1.54, 1.807) is 18.2 Å². The molecule has 3 aromatic rings. The van der Waals surface area contributed by atoms with E-state index in [0.29, 0.717) is 40.3 Å². The van der Waals surface area contributed by atoms with Crippen molar-refractivity contribution < 1.29 is 4.74 Å². The molecule has 0 unspecified atom stereocenters. The Morgan fingerprint density at radius 3 is 2.65 bits per heavy atom. The summed E-state index contributed by atoms with van der Waals surface area (Å²) in [6, 6.07) is 10.8. The predicted molar refractivity (Wildman–Crippen MR) is 88.9 cm³/mol. The number of tetrazole rings is 1. The maximum atomic E-state index is 6.01. The Kier molecular flexibility index (Phi) is 4.76. The van der Waals surface area contributed by atoms with E-state index in [1.807, 2.05) is 18.2 Å². The van der Waals surface area contributed by atoms with E-state index in [-0.39, 0.29) is 0 Å². The fraction of sp³-hybridized carbons (Fsp3) is 0.133. The minimum absolute atomic E-state index is 0.438. The third kappa shape index (κ3) is 3.61. The van der Waals surface area contributed by atoms with E-state index in [9.17, 15) is 0 Å². The fourth-order valence-electron chi connectivity index (χ4n) is 2.12. The van der Waals surface area contributed by atoms with E-state index < -0.39 is 0 Å². The van der Waals surface area contributed by atoms with Crippen molar-refractivity contribution in [2.24, 2.45) is 5.73 Å². The molecule has 0 aliphatic rings. The normalized spacial score (nSPS) is 10.7. The smallest absolute Gasteiger partial charge is 0.204 e. The van der Waals surface area contributed by atoms with Gasteiger partial charge in [-0.25, -0.2) is 0 Å². The molecule has 3 rings (SSSR count). The van der Waals surface area contributed by atoms with Gasteiger partial charge in [0.1, 0.15) is 11.5 Å². The van der Waals surface area contributed by atoms with Crippen LogP contribution in [0.15, 0.2) is 36.4 Å². The van der Waals surface area contributed by atoms with Gasteiger partial charge in [-0.1, -0.05) is 23.2 Å². The molecule has 118 valence electrons. The zero-order valence-corrected chi connectivity index (χ0v) is 13.5. The molecular weight excluding hydrogens is 337 g/mol. The lowest BCUT2D eigenvalue weighted by Crippen LogP contribution is -2.04. The molecule has 0 aliphatic heterocycles. The van der Waals surface area contributed by atoms with Crippen molar-refractivity contribution in [3.8, 4) is 22.9 Å². The van der Waals surface area contributed by atoms with Crippen molar-refractivity contribution in [1.29, 1.82) is 0 Å². The molecule has 1 heterocycles. The number of nitrogens with one attached hydrogen (secondary N) is 1. The van der Waals surface area contributed by atoms with Gasteiger partial charge in [-0.15, -0.1) is 10.2 Å². The van der Waals surface area contributed by atoms with Gasteiger partial charge in [0.15, 0.2) is 0 Å². The molecule has 6 nitrogen and oxygen atoms in total. The van der Waals surface area contributed by atoms with Gasteiger partial charge in [0.2, 0.25) is 5.82 Å². The number of hydrogen-bond donors (Lipinski definition) is 2. The molecule has 0 saturated heterocycles. The number of nitrogens with zero attached hydrogens (tertiary/aromatic N) is 3. The number of nitrogens with two attached hydrogens (primary N) is 1. The van der Waals surface area contributed by atoms with Crippen LogP contribution in [0.3, 0.4) is 0 Å². The third-order valence-corrected chi connectivity index (χ3v) is 3.94. The summed E-state index contributed by atoms with van der Waals surface area (Å²) in [5, 5.41) is 14.9. The van der Waals surface area contributed by atoms with Crippen molar-refractivity contribution in [1.82, 2.24) is 20.6 Å². The predicted octanol–water partition coefficient (Wildman–Crippen LogP) is 3.47. The number of hydrogen-bond acceptors (Lipinski definition) is 5. The summed E-state index contributed by atoms with van der Waals surface area (Å²) in [7, 11) is 0. The molecule has 8 heteroatoms. The molecule has 0 spiro atoms. The first-order chi connectivity index (χ1) is 11.2. The minimum atomic E-state index is 0.438. The molecule has 1 aromatic heterocycles. The third-order valence-electron chi connectivity index (χ3n) is 3.20. The molecule has 2 aromatic carbocycles. The van der Waals surface area contributed by atoms with Gasteiger partial charge < -0.3 is 10.5 Å². The lowest BCUT2D eigenvalue weighted by molar-refractivity contribution is 0.476. The van der Waals surface area contributed by atoms with Crippen LogP contribution in [0.2, 0.25) is 10.0 Å². The van der Waals surface area contributed by atoms with Crippen LogP contribution in [0.4, 0.5) is 0 Å². The first-order valence-corrected chi connectivity index (χ1v) is 7.62. The average Bonchev–Trinajstić information content (AvgIpc) is 3.07. The van der Waals surface area contributed by atoms with Crippen LogP contribution in [0, 0.1) is 0 Å². The Bertz CT molecular complexity index is 808. The molecule has 0 amide bonds. The molecule has 0 fully saturated rings. The van der Waals surface area contributed by atoms with Gasteiger partial charge in [0.25, 0.3) is 0 Å². The second-order valence-electron chi connectivity index (χ2n) is 4.77. The van der Waals surface area contributed by atoms with Gasteiger partial charge >= 0.3 is 0 Å². The topological polar surface area (TPSA) is 89.7 Å². The number of benzene rings is 2. The van der Waals surface area contributed by atoms with Crippen LogP contribution < -0.4 is 10.5 Å². The molecular formula is C15H13Cl2N5O. The molecule has 0 atom stereocenters. The number of halogens is 2. The van der Waals surface area contributed by atoms with Gasteiger partial charge in [-0.2, -0.15) is 5.21 Å². The Morgan fingerprint density at radius 1 is 1.09 bits per heavy atom. The summed E-state index contributed by atoms with van der Waals surface area (Å²) in [4.78, 5) is 0. The van der Waals surface area contributed by atoms with Crippen LogP contribution in [0.5, 0.6) is 11.5 Å². The first kappa shape index (κ1) is 15.7. The van der Waals surface area contributed by atoms with Gasteiger partial charge in [-0.3, -0.25) is 0 Å². The number of aromatic nitrogens is 4. The highest BCUT2D eigenvalue weighted by Gasteiger charge is 2.10. The number of ether oxygens (including phenoxy) is 1. The Labute approximate surface area is 142 Å². The van der Waals surface area contributed by atoms with Crippen molar-refractivity contribution in [2.45, 2.75) is 6.42 Å². The maximum Gasteiger partial charge on any atom is 0.204 e. The van der Waals surface area contributed by atoms with Crippen LogP contribution in [-0.4, -0.2) is 27.2 Å². The van der Waals surface area contributed by atoms with E-state index in [0.717, 1.165) is 11.1 Å². The molecule has 0 bridgehead atoms. The highest BCUT2D eigenvalue weighted by Crippen LogP contribution is 2.32. The summed E-state index contributed by atoms with van der Waals surface area (Å²) in [6.07, 6.45) is 0.655. The fourth-order valence-corrected chi connectivity index (χ4v) is 2.41. The van der Waals surface area contributed by atoms with Crippen molar-refractivity contribution >= 4 is 23.2 Å². The molecule has 0 saturated carbocycles. The van der Waals surface area contributed by atoms with Gasteiger partial charge in [0, 0.05) is 11.6 Å². The van der Waals surface area contributed by atoms with Crippen molar-refractivity contribution in [2.75, 3.05) is 6.54 Å². The lowest BCUT2D eigenvalue weighted by Gasteiger charge is -2.12. The maximum absolute atomic E-state index is 6.01. The Balaban J connectivity index is 1.93. The monoisotopic (exact) mass is 349 g/mol. The van der Waals surface area contributed by atoms with Crippen LogP contribution in [0.1, 0.15) is 5.56 Å². The number of H-pyrrole nitrogens is 1. The summed E-state index contributed by atoms with van der Waals surface area (Å²) >= 11 is 11.9. The van der Waals surface area contributed by atoms with E-state index in [2.05, 4.69) is 20.6 Å². The van der Waals surface area contributed by atoms with Crippen LogP contribution >= 0.6 is 23.2 Å². The number of aromatic amines is 1. The summed E-state index contributed by atoms with van der Waals surface area (Å²) in [6.45, 7) is 0.493. The second kappa shape index (κ2) is 6.95. The number of rotatable bonds is 5. The molecule has 0 aliphatic carbocycles. The highest BCUT2D eigenvalue weighted by molar-refractivity contribution is 6.42. The molecule has 3 N–H and O–H groups in total. The minimum Gasteiger partial charge on any atom is -0.457 e. The average molecular weight is 350 g/mol. The van der Waals surface area contributed by atoms with Crippen LogP contribution in [0.25, 0.3) is 11.4 Å².